The van der Waals surface area contributed by atoms with E-state index < -0.39 is 5.97 Å². The molecule has 0 saturated carbocycles. The summed E-state index contributed by atoms with van der Waals surface area (Å²) >= 11 is 0. The fraction of sp³-hybridized carbons (Fsp3) is 0.462. The predicted molar refractivity (Wildman–Crippen MR) is 61.0 cm³/mol. The molecule has 0 saturated heterocycles. The number of carboxylic acids is 1. The second-order valence-electron chi connectivity index (χ2n) is 4.60. The maximum Gasteiger partial charge on any atom is 2.00 e. The Bertz CT molecular complexity index is 411. The first-order valence-corrected chi connectivity index (χ1v) is 5.42. The van der Waals surface area contributed by atoms with Gasteiger partial charge in [-0.15, -0.1) is 0 Å². The van der Waals surface area contributed by atoms with E-state index in [1.807, 2.05) is 33.8 Å². The third kappa shape index (κ3) is 3.54. The van der Waals surface area contributed by atoms with E-state index in [0.29, 0.717) is 5.56 Å². The van der Waals surface area contributed by atoms with Gasteiger partial charge in [0, 0.05) is 0 Å². The number of carboxylic acid groups (broad SMARTS) is 1. The molecule has 1 rings (SSSR count). The number of hydrogen-bond acceptors (Lipinski definition) is 2. The molecule has 0 radical (unpaired) electrons. The molecule has 0 spiro atoms. The normalized spacial score (nSPS) is 10.5. The molecule has 0 aliphatic rings. The Kier molecular flexibility index (Phi) is 5.84. The molecule has 0 bridgehead atoms. The molecule has 0 amide bonds. The Hall–Kier alpha value is -0.887. The number of rotatable bonds is 3. The fourth-order valence-corrected chi connectivity index (χ4v) is 1.60. The van der Waals surface area contributed by atoms with Crippen molar-refractivity contribution in [3.63, 3.8) is 0 Å². The topological polar surface area (TPSA) is 60.4 Å². The summed E-state index contributed by atoms with van der Waals surface area (Å²) in [6.45, 7) is 7.75. The van der Waals surface area contributed by atoms with Crippen molar-refractivity contribution in [1.82, 2.24) is 0 Å². The van der Waals surface area contributed by atoms with E-state index in [4.69, 9.17) is 5.11 Å². The van der Waals surface area contributed by atoms with Crippen LogP contribution in [0.15, 0.2) is 12.1 Å². The zero-order valence-electron chi connectivity index (χ0n) is 10.8. The van der Waals surface area contributed by atoms with Gasteiger partial charge in [0.1, 0.15) is 0 Å². The van der Waals surface area contributed by atoms with Crippen LogP contribution in [0.2, 0.25) is 0 Å². The second kappa shape index (κ2) is 6.16. The Morgan fingerprint density at radius 1 is 1.18 bits per heavy atom. The molecule has 0 fully saturated rings. The first-order chi connectivity index (χ1) is 7.34. The molecular weight excluding hydrogens is 270 g/mol. The monoisotopic (exact) mass is 285 g/mol. The van der Waals surface area contributed by atoms with Crippen molar-refractivity contribution < 1.29 is 34.5 Å². The SMILES string of the molecule is CC(C)c1cc(C(=O)O)c([O-])c(C(C)C)c1.[Zn+2]. The smallest absolute Gasteiger partial charge is 0.872 e. The van der Waals surface area contributed by atoms with E-state index in [2.05, 4.69) is 0 Å². The zero-order valence-corrected chi connectivity index (χ0v) is 13.7. The third-order valence-corrected chi connectivity index (χ3v) is 2.66. The summed E-state index contributed by atoms with van der Waals surface area (Å²) in [5, 5.41) is 20.8. The molecule has 1 aromatic carbocycles. The fourth-order valence-electron chi connectivity index (χ4n) is 1.60. The minimum Gasteiger partial charge on any atom is -0.872 e. The van der Waals surface area contributed by atoms with E-state index in [-0.39, 0.29) is 42.6 Å². The van der Waals surface area contributed by atoms with Gasteiger partial charge in [0.2, 0.25) is 0 Å². The van der Waals surface area contributed by atoms with E-state index in [9.17, 15) is 9.90 Å². The van der Waals surface area contributed by atoms with Crippen molar-refractivity contribution in [2.45, 2.75) is 39.5 Å². The van der Waals surface area contributed by atoms with Crippen molar-refractivity contribution in [3.05, 3.63) is 28.8 Å². The minimum absolute atomic E-state index is 0. The van der Waals surface area contributed by atoms with E-state index in [1.165, 1.54) is 6.07 Å². The van der Waals surface area contributed by atoms with Gasteiger partial charge in [-0.1, -0.05) is 45.1 Å². The molecule has 3 nitrogen and oxygen atoms in total. The summed E-state index contributed by atoms with van der Waals surface area (Å²) in [5.41, 5.74) is 1.37. The van der Waals surface area contributed by atoms with Gasteiger partial charge >= 0.3 is 25.4 Å². The molecule has 1 aromatic rings. The van der Waals surface area contributed by atoms with Crippen LogP contribution >= 0.6 is 0 Å². The maximum absolute atomic E-state index is 11.8. The molecule has 0 atom stereocenters. The summed E-state index contributed by atoms with van der Waals surface area (Å²) in [4.78, 5) is 11.0. The van der Waals surface area contributed by atoms with Crippen molar-refractivity contribution in [3.8, 4) is 5.75 Å². The molecule has 4 heteroatoms. The molecule has 88 valence electrons. The zero-order chi connectivity index (χ0) is 12.5. The molecule has 0 unspecified atom stereocenters. The van der Waals surface area contributed by atoms with Gasteiger partial charge in [-0.05, 0) is 23.5 Å². The first kappa shape index (κ1) is 16.1. The first-order valence-electron chi connectivity index (χ1n) is 5.42. The third-order valence-electron chi connectivity index (χ3n) is 2.66. The summed E-state index contributed by atoms with van der Waals surface area (Å²) < 4.78 is 0. The summed E-state index contributed by atoms with van der Waals surface area (Å²) in [6, 6.07) is 3.31. The molecular formula is C13H17O3Zn+. The van der Waals surface area contributed by atoms with Crippen LogP contribution in [0.5, 0.6) is 5.75 Å². The van der Waals surface area contributed by atoms with E-state index in [0.717, 1.165) is 5.56 Å². The van der Waals surface area contributed by atoms with Crippen molar-refractivity contribution in [1.29, 1.82) is 0 Å². The van der Waals surface area contributed by atoms with Crippen LogP contribution in [0.4, 0.5) is 0 Å². The largest absolute Gasteiger partial charge is 2.00 e. The summed E-state index contributed by atoms with van der Waals surface area (Å²) in [5.74, 6) is -1.23. The van der Waals surface area contributed by atoms with Crippen LogP contribution in [0.25, 0.3) is 0 Å². The molecule has 0 aliphatic carbocycles. The standard InChI is InChI=1S/C13H18O3.Zn/c1-7(2)9-5-10(8(3)4)12(14)11(6-9)13(15)16;/h5-8,14H,1-4H3,(H,15,16);/q;+2/p-1. The van der Waals surface area contributed by atoms with Gasteiger partial charge in [0.05, 0.1) is 5.56 Å². The van der Waals surface area contributed by atoms with E-state index in [1.54, 1.807) is 0 Å². The Balaban J connectivity index is 0.00000256. The van der Waals surface area contributed by atoms with Crippen molar-refractivity contribution in [2.24, 2.45) is 0 Å². The van der Waals surface area contributed by atoms with Gasteiger partial charge in [0.25, 0.3) is 0 Å². The van der Waals surface area contributed by atoms with Gasteiger partial charge in [-0.2, -0.15) is 0 Å². The second-order valence-corrected chi connectivity index (χ2v) is 4.60. The van der Waals surface area contributed by atoms with Crippen LogP contribution in [0.1, 0.15) is 61.0 Å². The van der Waals surface area contributed by atoms with Crippen LogP contribution in [0.3, 0.4) is 0 Å². The average molecular weight is 287 g/mol. The van der Waals surface area contributed by atoms with Gasteiger partial charge in [0.15, 0.2) is 0 Å². The minimum atomic E-state index is -1.14. The van der Waals surface area contributed by atoms with Crippen LogP contribution in [-0.2, 0) is 19.5 Å². The van der Waals surface area contributed by atoms with Crippen LogP contribution < -0.4 is 5.11 Å². The molecule has 17 heavy (non-hydrogen) atoms. The van der Waals surface area contributed by atoms with Gasteiger partial charge in [-0.25, -0.2) is 4.79 Å². The molecule has 0 heterocycles. The maximum atomic E-state index is 11.8. The molecule has 0 aliphatic heterocycles. The Labute approximate surface area is 115 Å². The Morgan fingerprint density at radius 2 is 1.71 bits per heavy atom. The number of benzene rings is 1. The van der Waals surface area contributed by atoms with Gasteiger partial charge < -0.3 is 10.2 Å². The van der Waals surface area contributed by atoms with E-state index >= 15 is 0 Å². The predicted octanol–water partition coefficient (Wildman–Crippen LogP) is 2.70. The number of carbonyl (C=O) groups is 1. The number of aromatic carboxylic acids is 1. The van der Waals surface area contributed by atoms with Crippen LogP contribution in [-0.4, -0.2) is 11.1 Å². The van der Waals surface area contributed by atoms with Crippen molar-refractivity contribution in [2.75, 3.05) is 0 Å². The van der Waals surface area contributed by atoms with Crippen LogP contribution in [0, 0.1) is 0 Å². The quantitative estimate of drug-likeness (QED) is 0.869. The summed E-state index contributed by atoms with van der Waals surface area (Å²) in [6.07, 6.45) is 0. The summed E-state index contributed by atoms with van der Waals surface area (Å²) in [7, 11) is 0. The molecule has 1 N–H and O–H groups in total. The average Bonchev–Trinajstić information content (AvgIpc) is 2.16. The Morgan fingerprint density at radius 3 is 2.06 bits per heavy atom. The number of hydrogen-bond donors (Lipinski definition) is 1. The van der Waals surface area contributed by atoms with Gasteiger partial charge in [-0.3, -0.25) is 0 Å². The molecule has 0 aromatic heterocycles. The van der Waals surface area contributed by atoms with Crippen molar-refractivity contribution >= 4 is 5.97 Å².